The van der Waals surface area contributed by atoms with Crippen LogP contribution < -0.4 is 0 Å². The third-order valence-electron chi connectivity index (χ3n) is 7.00. The second kappa shape index (κ2) is 9.58. The van der Waals surface area contributed by atoms with Crippen LogP contribution in [0, 0.1) is 0 Å². The Morgan fingerprint density at radius 1 is 0.683 bits per heavy atom. The minimum absolute atomic E-state index is 0.402. The number of para-hydroxylation sites is 1. The molecule has 0 atom stereocenters. The number of hydrogen-bond donors (Lipinski definition) is 2. The van der Waals surface area contributed by atoms with Gasteiger partial charge in [0.25, 0.3) is 0 Å². The lowest BCUT2D eigenvalue weighted by atomic mass is 9.98. The number of oxazole rings is 1. The third-order valence-corrected chi connectivity index (χ3v) is 8.00. The van der Waals surface area contributed by atoms with Gasteiger partial charge in [-0.25, -0.2) is 9.97 Å². The summed E-state index contributed by atoms with van der Waals surface area (Å²) in [4.78, 5) is 26.6. The largest absolute Gasteiger partial charge is 0.464 e. The van der Waals surface area contributed by atoms with E-state index < -0.39 is 0 Å². The second-order valence-electron chi connectivity index (χ2n) is 9.36. The Morgan fingerprint density at radius 3 is 2.44 bits per heavy atom. The molecule has 0 bridgehead atoms. The minimum Gasteiger partial charge on any atom is -0.464 e. The number of benzene rings is 1. The molecule has 41 heavy (non-hydrogen) atoms. The predicted octanol–water partition coefficient (Wildman–Crippen LogP) is 8.33. The lowest BCUT2D eigenvalue weighted by Crippen LogP contribution is -1.96. The Kier molecular flexibility index (Phi) is 5.46. The number of fused-ring (bicyclic) bond motifs is 1. The van der Waals surface area contributed by atoms with Gasteiger partial charge in [0.2, 0.25) is 5.89 Å². The van der Waals surface area contributed by atoms with E-state index in [-0.39, 0.29) is 0 Å². The zero-order valence-corrected chi connectivity index (χ0v) is 22.2. The Labute approximate surface area is 237 Å². The van der Waals surface area contributed by atoms with Crippen molar-refractivity contribution in [3.63, 3.8) is 0 Å². The molecule has 0 fully saturated rings. The molecule has 0 saturated heterocycles. The molecule has 0 spiro atoms. The number of pyridine rings is 1. The summed E-state index contributed by atoms with van der Waals surface area (Å²) in [5.74, 6) is 1.21. The number of nitrogens with zero attached hydrogens (tertiary/aromatic N) is 4. The highest BCUT2D eigenvalue weighted by molar-refractivity contribution is 7.14. The number of hydrogen-bond acceptors (Lipinski definition) is 7. The molecule has 0 aliphatic heterocycles. The highest BCUT2D eigenvalue weighted by Gasteiger charge is 2.25. The van der Waals surface area contributed by atoms with Gasteiger partial charge in [0.1, 0.15) is 17.7 Å². The third kappa shape index (κ3) is 3.90. The van der Waals surface area contributed by atoms with Crippen LogP contribution >= 0.6 is 11.3 Å². The van der Waals surface area contributed by atoms with E-state index in [4.69, 9.17) is 13.8 Å². The van der Waals surface area contributed by atoms with E-state index in [0.29, 0.717) is 17.3 Å². The van der Waals surface area contributed by atoms with E-state index in [9.17, 15) is 0 Å². The van der Waals surface area contributed by atoms with Crippen LogP contribution in [-0.4, -0.2) is 29.9 Å². The SMILES string of the molecule is c1coc(-c2csc(-c3[nH]ccc3-c3ncccc3-c3nccnc3-c3ncco3)c2-c2cc3ccccc3[nH]2)c1. The van der Waals surface area contributed by atoms with Crippen LogP contribution in [0.4, 0.5) is 0 Å². The quantitative estimate of drug-likeness (QED) is 0.215. The zero-order chi connectivity index (χ0) is 27.2. The monoisotopic (exact) mass is 552 g/mol. The fourth-order valence-corrected chi connectivity index (χ4v) is 6.32. The van der Waals surface area contributed by atoms with Crippen LogP contribution in [0.2, 0.25) is 0 Å². The molecule has 8 rings (SSSR count). The van der Waals surface area contributed by atoms with Gasteiger partial charge in [0.05, 0.1) is 28.7 Å². The second-order valence-corrected chi connectivity index (χ2v) is 10.2. The number of aromatic nitrogens is 6. The van der Waals surface area contributed by atoms with Crippen LogP contribution in [0.1, 0.15) is 0 Å². The fourth-order valence-electron chi connectivity index (χ4n) is 5.23. The van der Waals surface area contributed by atoms with Crippen LogP contribution in [-0.2, 0) is 0 Å². The van der Waals surface area contributed by atoms with E-state index in [1.54, 1.807) is 42.4 Å². The van der Waals surface area contributed by atoms with Gasteiger partial charge in [0.15, 0.2) is 5.69 Å². The molecule has 0 aliphatic rings. The average molecular weight is 553 g/mol. The molecule has 0 saturated carbocycles. The standard InChI is InChI=1S/C32H20N6O2S/c1-2-7-23-19(5-1)17-24(38-23)26-22(25-8-4-15-39-25)18-41-31(26)29-21(9-11-34-29)27-20(6-3-10-33-27)28-30(36-13-12-35-28)32-37-14-16-40-32/h1-18,34,38H. The molecule has 2 N–H and O–H groups in total. The highest BCUT2D eigenvalue weighted by Crippen LogP contribution is 2.48. The van der Waals surface area contributed by atoms with E-state index >= 15 is 0 Å². The molecule has 8 aromatic rings. The molecule has 8 nitrogen and oxygen atoms in total. The summed E-state index contributed by atoms with van der Waals surface area (Å²) in [5, 5.41) is 3.29. The van der Waals surface area contributed by atoms with Crippen LogP contribution in [0.25, 0.3) is 78.2 Å². The number of nitrogens with one attached hydrogen (secondary N) is 2. The summed E-state index contributed by atoms with van der Waals surface area (Å²) in [6.45, 7) is 0. The van der Waals surface area contributed by atoms with Crippen molar-refractivity contribution in [2.24, 2.45) is 0 Å². The molecule has 0 radical (unpaired) electrons. The van der Waals surface area contributed by atoms with E-state index in [1.807, 2.05) is 48.7 Å². The van der Waals surface area contributed by atoms with Gasteiger partial charge < -0.3 is 18.8 Å². The van der Waals surface area contributed by atoms with Crippen molar-refractivity contribution in [2.45, 2.75) is 0 Å². The lowest BCUT2D eigenvalue weighted by molar-refractivity contribution is 0.572. The van der Waals surface area contributed by atoms with Gasteiger partial charge >= 0.3 is 0 Å². The average Bonchev–Trinajstić information content (AvgIpc) is 3.85. The Hall–Kier alpha value is -5.54. The van der Waals surface area contributed by atoms with Gasteiger partial charge in [-0.2, -0.15) is 0 Å². The first kappa shape index (κ1) is 23.4. The van der Waals surface area contributed by atoms with Gasteiger partial charge in [-0.3, -0.25) is 9.97 Å². The number of H-pyrrole nitrogens is 2. The maximum atomic E-state index is 5.87. The lowest BCUT2D eigenvalue weighted by Gasteiger charge is -2.11. The van der Waals surface area contributed by atoms with Crippen molar-refractivity contribution in [1.82, 2.24) is 29.9 Å². The summed E-state index contributed by atoms with van der Waals surface area (Å²) >= 11 is 1.66. The number of aromatic amines is 2. The Morgan fingerprint density at radius 2 is 1.59 bits per heavy atom. The molecule has 196 valence electrons. The van der Waals surface area contributed by atoms with Crippen LogP contribution in [0.15, 0.2) is 118 Å². The molecule has 0 amide bonds. The zero-order valence-electron chi connectivity index (χ0n) is 21.4. The normalized spacial score (nSPS) is 11.4. The van der Waals surface area contributed by atoms with E-state index in [0.717, 1.165) is 60.9 Å². The smallest absolute Gasteiger partial charge is 0.247 e. The van der Waals surface area contributed by atoms with Crippen molar-refractivity contribution in [3.05, 3.63) is 110 Å². The Balaban J connectivity index is 1.33. The molecule has 7 heterocycles. The van der Waals surface area contributed by atoms with Crippen molar-refractivity contribution in [1.29, 1.82) is 0 Å². The molecular formula is C32H20N6O2S. The summed E-state index contributed by atoms with van der Waals surface area (Å²) in [5.41, 5.74) is 8.84. The summed E-state index contributed by atoms with van der Waals surface area (Å²) in [6, 6.07) is 20.3. The predicted molar refractivity (Wildman–Crippen MR) is 159 cm³/mol. The summed E-state index contributed by atoms with van der Waals surface area (Å²) in [7, 11) is 0. The fraction of sp³-hybridized carbons (Fsp3) is 0. The van der Waals surface area contributed by atoms with Gasteiger partial charge in [-0.05, 0) is 42.5 Å². The van der Waals surface area contributed by atoms with Crippen molar-refractivity contribution in [2.75, 3.05) is 0 Å². The van der Waals surface area contributed by atoms with Crippen LogP contribution in [0.5, 0.6) is 0 Å². The Bertz CT molecular complexity index is 2090. The van der Waals surface area contributed by atoms with Crippen molar-refractivity contribution >= 4 is 22.2 Å². The number of furan rings is 1. The molecule has 0 unspecified atom stereocenters. The van der Waals surface area contributed by atoms with Crippen molar-refractivity contribution in [3.8, 4) is 67.3 Å². The highest BCUT2D eigenvalue weighted by atomic mass is 32.1. The minimum atomic E-state index is 0.402. The van der Waals surface area contributed by atoms with Crippen LogP contribution in [0.3, 0.4) is 0 Å². The first-order chi connectivity index (χ1) is 20.3. The molecule has 1 aromatic carbocycles. The molecule has 9 heteroatoms. The summed E-state index contributed by atoms with van der Waals surface area (Å²) in [6.07, 6.45) is 11.9. The molecule has 7 aromatic heterocycles. The maximum absolute atomic E-state index is 5.87. The first-order valence-corrected chi connectivity index (χ1v) is 13.8. The maximum Gasteiger partial charge on any atom is 0.247 e. The van der Waals surface area contributed by atoms with Gasteiger partial charge in [-0.1, -0.05) is 18.2 Å². The van der Waals surface area contributed by atoms with E-state index in [2.05, 4.69) is 48.5 Å². The van der Waals surface area contributed by atoms with Gasteiger partial charge in [-0.15, -0.1) is 11.3 Å². The number of thiophene rings is 1. The summed E-state index contributed by atoms with van der Waals surface area (Å²) < 4.78 is 11.4. The van der Waals surface area contributed by atoms with E-state index in [1.165, 1.54) is 6.26 Å². The van der Waals surface area contributed by atoms with Gasteiger partial charge in [0, 0.05) is 69.0 Å². The molecular weight excluding hydrogens is 532 g/mol. The topological polar surface area (TPSA) is 109 Å². The first-order valence-electron chi connectivity index (χ1n) is 12.9. The molecule has 0 aliphatic carbocycles. The number of rotatable bonds is 6. The van der Waals surface area contributed by atoms with Crippen molar-refractivity contribution < 1.29 is 8.83 Å².